The molecule has 1 aliphatic carbocycles. The predicted octanol–water partition coefficient (Wildman–Crippen LogP) is 0.971. The van der Waals surface area contributed by atoms with E-state index in [4.69, 9.17) is 9.47 Å². The number of morpholine rings is 1. The molecule has 0 spiro atoms. The summed E-state index contributed by atoms with van der Waals surface area (Å²) >= 11 is 0. The third-order valence-electron chi connectivity index (χ3n) is 3.53. The Balaban J connectivity index is 1.49. The second kappa shape index (κ2) is 5.82. The molecule has 1 saturated carbocycles. The molecule has 2 heterocycles. The number of hydrogen-bond donors (Lipinski definition) is 1. The molecule has 1 aliphatic heterocycles. The van der Waals surface area contributed by atoms with Crippen molar-refractivity contribution in [1.82, 2.24) is 14.9 Å². The summed E-state index contributed by atoms with van der Waals surface area (Å²) in [6.45, 7) is 5.13. The fourth-order valence-electron chi connectivity index (χ4n) is 2.24. The van der Waals surface area contributed by atoms with Crippen LogP contribution < -0.4 is 5.32 Å². The number of nitrogens with zero attached hydrogens (tertiary/aromatic N) is 2. The summed E-state index contributed by atoms with van der Waals surface area (Å²) in [6, 6.07) is 0. The van der Waals surface area contributed by atoms with Crippen molar-refractivity contribution >= 4 is 0 Å². The third-order valence-corrected chi connectivity index (χ3v) is 3.53. The molecule has 2 aliphatic rings. The first-order chi connectivity index (χ1) is 8.93. The van der Waals surface area contributed by atoms with E-state index in [-0.39, 0.29) is 6.10 Å². The number of rotatable bonds is 6. The normalized spacial score (nSPS) is 24.3. The molecule has 18 heavy (non-hydrogen) atoms. The Morgan fingerprint density at radius 3 is 3.22 bits per heavy atom. The molecule has 3 rings (SSSR count). The van der Waals surface area contributed by atoms with E-state index in [1.165, 1.54) is 12.8 Å². The maximum Gasteiger partial charge on any atom is 0.111 e. The van der Waals surface area contributed by atoms with Crippen LogP contribution in [0.25, 0.3) is 0 Å². The fourth-order valence-corrected chi connectivity index (χ4v) is 2.24. The second-order valence-electron chi connectivity index (χ2n) is 5.09. The highest BCUT2D eigenvalue weighted by Crippen LogP contribution is 2.28. The van der Waals surface area contributed by atoms with Gasteiger partial charge in [0.1, 0.15) is 6.10 Å². The summed E-state index contributed by atoms with van der Waals surface area (Å²) in [6.07, 6.45) is 6.59. The molecule has 0 aromatic carbocycles. The first-order valence-corrected chi connectivity index (χ1v) is 6.83. The van der Waals surface area contributed by atoms with Crippen LogP contribution in [0.3, 0.4) is 0 Å². The van der Waals surface area contributed by atoms with Gasteiger partial charge in [0.2, 0.25) is 0 Å². The molecule has 1 aromatic heterocycles. The lowest BCUT2D eigenvalue weighted by Crippen LogP contribution is -2.34. The number of ether oxygens (including phenoxy) is 2. The highest BCUT2D eigenvalue weighted by atomic mass is 16.5. The van der Waals surface area contributed by atoms with Crippen molar-refractivity contribution in [2.45, 2.75) is 25.5 Å². The molecule has 5 heteroatoms. The van der Waals surface area contributed by atoms with Crippen molar-refractivity contribution < 1.29 is 9.47 Å². The summed E-state index contributed by atoms with van der Waals surface area (Å²) < 4.78 is 13.6. The lowest BCUT2D eigenvalue weighted by atomic mass is 10.2. The van der Waals surface area contributed by atoms with Crippen molar-refractivity contribution in [3.63, 3.8) is 0 Å². The molecule has 0 amide bonds. The van der Waals surface area contributed by atoms with Gasteiger partial charge in [-0.25, -0.2) is 4.98 Å². The van der Waals surface area contributed by atoms with Crippen LogP contribution in [0.5, 0.6) is 0 Å². The van der Waals surface area contributed by atoms with Crippen LogP contribution in [0.15, 0.2) is 12.5 Å². The number of hydrogen-bond acceptors (Lipinski definition) is 4. The van der Waals surface area contributed by atoms with E-state index in [1.54, 1.807) is 0 Å². The average Bonchev–Trinajstić information content (AvgIpc) is 3.12. The summed E-state index contributed by atoms with van der Waals surface area (Å²) in [5, 5.41) is 3.34. The van der Waals surface area contributed by atoms with Gasteiger partial charge < -0.3 is 19.4 Å². The van der Waals surface area contributed by atoms with Gasteiger partial charge in [-0.2, -0.15) is 0 Å². The average molecular weight is 251 g/mol. The van der Waals surface area contributed by atoms with Crippen LogP contribution in [0.4, 0.5) is 0 Å². The monoisotopic (exact) mass is 251 g/mol. The molecule has 0 bridgehead atoms. The minimum atomic E-state index is 0.129. The van der Waals surface area contributed by atoms with Crippen LogP contribution in [-0.2, 0) is 16.0 Å². The second-order valence-corrected chi connectivity index (χ2v) is 5.09. The molecule has 0 radical (unpaired) electrons. The number of nitrogens with one attached hydrogen (secondary N) is 1. The zero-order valence-corrected chi connectivity index (χ0v) is 10.7. The Morgan fingerprint density at radius 2 is 2.44 bits per heavy atom. The Hall–Kier alpha value is -0.910. The van der Waals surface area contributed by atoms with Crippen LogP contribution in [0.1, 0.15) is 24.6 Å². The lowest BCUT2D eigenvalue weighted by Gasteiger charge is -2.24. The molecule has 5 nitrogen and oxygen atoms in total. The summed E-state index contributed by atoms with van der Waals surface area (Å²) in [5.74, 6) is 0.832. The minimum absolute atomic E-state index is 0.129. The number of imidazole rings is 1. The summed E-state index contributed by atoms with van der Waals surface area (Å²) in [5.41, 5.74) is 1.15. The standard InChI is InChI=1S/C13H21N3O2/c1-2-11(1)9-17-6-4-16-10-15-7-12(16)13-8-14-3-5-18-13/h7,10-11,13-14H,1-6,8-9H2. The highest BCUT2D eigenvalue weighted by Gasteiger charge is 2.21. The van der Waals surface area contributed by atoms with E-state index < -0.39 is 0 Å². The quantitative estimate of drug-likeness (QED) is 0.765. The first-order valence-electron chi connectivity index (χ1n) is 6.83. The van der Waals surface area contributed by atoms with Gasteiger partial charge in [0.05, 0.1) is 31.4 Å². The van der Waals surface area contributed by atoms with Gasteiger partial charge in [-0.3, -0.25) is 0 Å². The van der Waals surface area contributed by atoms with Crippen molar-refractivity contribution in [2.75, 3.05) is 32.9 Å². The highest BCUT2D eigenvalue weighted by molar-refractivity contribution is 5.04. The Bertz CT molecular complexity index is 370. The van der Waals surface area contributed by atoms with Crippen molar-refractivity contribution in [1.29, 1.82) is 0 Å². The minimum Gasteiger partial charge on any atom is -0.379 e. The van der Waals surface area contributed by atoms with Gasteiger partial charge in [0.15, 0.2) is 0 Å². The Kier molecular flexibility index (Phi) is 3.93. The van der Waals surface area contributed by atoms with E-state index in [0.717, 1.165) is 51.1 Å². The van der Waals surface area contributed by atoms with Gasteiger partial charge in [-0.05, 0) is 18.8 Å². The summed E-state index contributed by atoms with van der Waals surface area (Å²) in [4.78, 5) is 4.22. The Labute approximate surface area is 107 Å². The van der Waals surface area contributed by atoms with Crippen LogP contribution in [-0.4, -0.2) is 42.5 Å². The SMILES string of the molecule is c1ncn(CCOCC2CC2)c1C1CNCCO1. The molecular formula is C13H21N3O2. The topological polar surface area (TPSA) is 48.3 Å². The van der Waals surface area contributed by atoms with Gasteiger partial charge >= 0.3 is 0 Å². The van der Waals surface area contributed by atoms with Crippen molar-refractivity contribution in [2.24, 2.45) is 5.92 Å². The van der Waals surface area contributed by atoms with E-state index >= 15 is 0 Å². The third kappa shape index (κ3) is 3.10. The van der Waals surface area contributed by atoms with E-state index in [2.05, 4.69) is 14.9 Å². The summed E-state index contributed by atoms with van der Waals surface area (Å²) in [7, 11) is 0. The van der Waals surface area contributed by atoms with Crippen molar-refractivity contribution in [3.05, 3.63) is 18.2 Å². The maximum absolute atomic E-state index is 5.75. The van der Waals surface area contributed by atoms with Crippen LogP contribution in [0.2, 0.25) is 0 Å². The van der Waals surface area contributed by atoms with Gasteiger partial charge in [-0.15, -0.1) is 0 Å². The lowest BCUT2D eigenvalue weighted by molar-refractivity contribution is 0.0216. The zero-order chi connectivity index (χ0) is 12.2. The van der Waals surface area contributed by atoms with Crippen LogP contribution in [0, 0.1) is 5.92 Å². The maximum atomic E-state index is 5.75. The van der Waals surface area contributed by atoms with Crippen LogP contribution >= 0.6 is 0 Å². The van der Waals surface area contributed by atoms with Gasteiger partial charge in [-0.1, -0.05) is 0 Å². The molecule has 1 saturated heterocycles. The fraction of sp³-hybridized carbons (Fsp3) is 0.769. The zero-order valence-electron chi connectivity index (χ0n) is 10.7. The molecule has 2 fully saturated rings. The largest absolute Gasteiger partial charge is 0.379 e. The number of aromatic nitrogens is 2. The Morgan fingerprint density at radius 1 is 1.50 bits per heavy atom. The first kappa shape index (κ1) is 12.1. The predicted molar refractivity (Wildman–Crippen MR) is 67.3 cm³/mol. The van der Waals surface area contributed by atoms with E-state index in [9.17, 15) is 0 Å². The van der Waals surface area contributed by atoms with Gasteiger partial charge in [0.25, 0.3) is 0 Å². The van der Waals surface area contributed by atoms with Crippen molar-refractivity contribution in [3.8, 4) is 0 Å². The molecule has 1 aromatic rings. The van der Waals surface area contributed by atoms with E-state index in [1.807, 2.05) is 12.5 Å². The molecule has 100 valence electrons. The molecular weight excluding hydrogens is 230 g/mol. The molecule has 1 unspecified atom stereocenters. The smallest absolute Gasteiger partial charge is 0.111 e. The molecule has 1 N–H and O–H groups in total. The van der Waals surface area contributed by atoms with Gasteiger partial charge in [0, 0.05) is 26.2 Å². The van der Waals surface area contributed by atoms with E-state index in [0.29, 0.717) is 0 Å². The molecule has 1 atom stereocenters.